The number of ether oxygens (including phenoxy) is 2. The number of methoxy groups -OCH3 is 1. The Morgan fingerprint density at radius 2 is 1.88 bits per heavy atom. The maximum atomic E-state index is 15.0. The van der Waals surface area contributed by atoms with E-state index in [0.29, 0.717) is 50.4 Å². The highest BCUT2D eigenvalue weighted by atomic mass is 32.1. The molecule has 4 aliphatic rings. The van der Waals surface area contributed by atoms with Crippen LogP contribution in [0.25, 0.3) is 33.4 Å². The molecule has 0 saturated carbocycles. The lowest BCUT2D eigenvalue weighted by atomic mass is 9.84. The predicted molar refractivity (Wildman–Crippen MR) is 257 cm³/mol. The molecule has 6 bridgehead atoms. The number of thiazole rings is 1. The van der Waals surface area contributed by atoms with Crippen LogP contribution in [-0.2, 0) is 48.0 Å². The van der Waals surface area contributed by atoms with Gasteiger partial charge >= 0.3 is 12.0 Å². The quantitative estimate of drug-likeness (QED) is 0.112. The molecule has 1 N–H and O–H groups in total. The van der Waals surface area contributed by atoms with Gasteiger partial charge in [-0.2, -0.15) is 0 Å². The Kier molecular flexibility index (Phi) is 13.4. The van der Waals surface area contributed by atoms with Gasteiger partial charge in [-0.05, 0) is 81.4 Å². The summed E-state index contributed by atoms with van der Waals surface area (Å²) < 4.78 is 14.3. The predicted octanol–water partition coefficient (Wildman–Crippen LogP) is 6.09. The van der Waals surface area contributed by atoms with Crippen molar-refractivity contribution >= 4 is 52.0 Å². The van der Waals surface area contributed by atoms with Crippen molar-refractivity contribution in [2.45, 2.75) is 110 Å². The van der Waals surface area contributed by atoms with Crippen LogP contribution in [0.4, 0.5) is 4.79 Å². The van der Waals surface area contributed by atoms with Gasteiger partial charge in [-0.25, -0.2) is 15.2 Å². The summed E-state index contributed by atoms with van der Waals surface area (Å²) in [5.74, 6) is -1.64. The number of benzene rings is 1. The van der Waals surface area contributed by atoms with Gasteiger partial charge in [0.2, 0.25) is 11.8 Å². The van der Waals surface area contributed by atoms with E-state index in [4.69, 9.17) is 19.4 Å². The first-order valence-corrected chi connectivity index (χ1v) is 24.4. The molecular weight excluding hydrogens is 871 g/mol. The molecule has 1 spiro atoms. The van der Waals surface area contributed by atoms with Crippen LogP contribution in [0.5, 0.6) is 0 Å². The molecule has 0 aliphatic carbocycles. The number of aromatic nitrogens is 3. The number of carbonyl (C=O) groups is 5. The molecule has 8 rings (SSSR count). The summed E-state index contributed by atoms with van der Waals surface area (Å²) in [7, 11) is 5.00. The average molecular weight is 936 g/mol. The number of likely N-dealkylation sites (N-methyl/N-ethyl adjacent to an activating group) is 2. The molecule has 4 aromatic rings. The summed E-state index contributed by atoms with van der Waals surface area (Å²) in [6, 6.07) is 8.30. The number of hydrogen-bond donors (Lipinski definition) is 1. The Balaban J connectivity index is 1.17. The maximum Gasteiger partial charge on any atom is 0.324 e. The van der Waals surface area contributed by atoms with Gasteiger partial charge in [0.05, 0.1) is 47.4 Å². The molecule has 3 fully saturated rings. The monoisotopic (exact) mass is 935 g/mol. The molecule has 358 valence electrons. The highest BCUT2D eigenvalue weighted by Crippen LogP contribution is 2.44. The Morgan fingerprint density at radius 3 is 2.57 bits per heavy atom. The molecule has 1 aromatic carbocycles. The van der Waals surface area contributed by atoms with Crippen LogP contribution in [0.1, 0.15) is 83.2 Å². The fourth-order valence-electron chi connectivity index (χ4n) is 10.2. The third-order valence-electron chi connectivity index (χ3n) is 14.1. The summed E-state index contributed by atoms with van der Waals surface area (Å²) in [5, 5.41) is 5.23. The average Bonchev–Trinajstić information content (AvgIpc) is 3.71. The summed E-state index contributed by atoms with van der Waals surface area (Å²) in [6.07, 6.45) is 5.27. The maximum absolute atomic E-state index is 15.0. The zero-order valence-electron chi connectivity index (χ0n) is 40.3. The SMILES string of the molecule is C=CC(=O)N(C)C[C@@H]1CCN1C(=O)N(C)[C@H](C(=O)N1C[C@@]12Cc1nc(cs1)-c1ccc3c(c1)c(c(-c1cccnc1[C@H](C)OC)n3CC)CC(C)(C)COC(=O)[C@@H]1CCCN(N1)C2=O)C(C)C. The molecule has 67 heavy (non-hydrogen) atoms. The number of cyclic esters (lactones) is 1. The van der Waals surface area contributed by atoms with Gasteiger partial charge in [0.25, 0.3) is 5.91 Å². The van der Waals surface area contributed by atoms with E-state index in [1.54, 1.807) is 37.2 Å². The first-order chi connectivity index (χ1) is 31.9. The Morgan fingerprint density at radius 1 is 1.10 bits per heavy atom. The van der Waals surface area contributed by atoms with E-state index < -0.39 is 29.0 Å². The molecule has 0 radical (unpaired) electrons. The molecule has 3 saturated heterocycles. The van der Waals surface area contributed by atoms with Gasteiger partial charge in [0.1, 0.15) is 17.6 Å². The summed E-state index contributed by atoms with van der Waals surface area (Å²) in [6.45, 7) is 17.8. The van der Waals surface area contributed by atoms with Crippen LogP contribution >= 0.6 is 11.3 Å². The third kappa shape index (κ3) is 8.97. The Bertz CT molecular complexity index is 2590. The van der Waals surface area contributed by atoms with Gasteiger partial charge in [0.15, 0.2) is 0 Å². The number of hydrogen-bond acceptors (Lipinski definition) is 11. The van der Waals surface area contributed by atoms with Gasteiger partial charge < -0.3 is 33.6 Å². The van der Waals surface area contributed by atoms with Crippen molar-refractivity contribution in [1.82, 2.24) is 44.6 Å². The molecule has 3 aromatic heterocycles. The number of nitrogens with one attached hydrogen (secondary N) is 1. The minimum absolute atomic E-state index is 0.119. The number of likely N-dealkylation sites (tertiary alicyclic amines) is 1. The first kappa shape index (κ1) is 47.8. The highest BCUT2D eigenvalue weighted by molar-refractivity contribution is 7.10. The molecule has 5 atom stereocenters. The molecular formula is C50H65N9O7S. The number of pyridine rings is 1. The van der Waals surface area contributed by atoms with Gasteiger partial charge in [-0.1, -0.05) is 40.3 Å². The van der Waals surface area contributed by atoms with Crippen molar-refractivity contribution in [2.24, 2.45) is 11.3 Å². The number of amides is 5. The fraction of sp³-hybridized carbons (Fsp3) is 0.540. The minimum atomic E-state index is -1.31. The van der Waals surface area contributed by atoms with Crippen molar-refractivity contribution in [3.63, 3.8) is 0 Å². The topological polar surface area (TPSA) is 163 Å². The normalized spacial score (nSPS) is 22.5. The van der Waals surface area contributed by atoms with Crippen LogP contribution < -0.4 is 5.43 Å². The number of nitrogens with zero attached hydrogens (tertiary/aromatic N) is 8. The van der Waals surface area contributed by atoms with E-state index in [2.05, 4.69) is 61.6 Å². The van der Waals surface area contributed by atoms with Crippen LogP contribution in [-0.4, -0.2) is 147 Å². The number of rotatable bonds is 10. The van der Waals surface area contributed by atoms with Crippen LogP contribution in [0.15, 0.2) is 54.6 Å². The van der Waals surface area contributed by atoms with Crippen molar-refractivity contribution < 1.29 is 33.4 Å². The van der Waals surface area contributed by atoms with Crippen molar-refractivity contribution in [1.29, 1.82) is 0 Å². The third-order valence-corrected chi connectivity index (χ3v) is 15.0. The number of aryl methyl sites for hydroxylation is 1. The lowest BCUT2D eigenvalue weighted by molar-refractivity contribution is -0.156. The van der Waals surface area contributed by atoms with Crippen molar-refractivity contribution in [2.75, 3.05) is 54.0 Å². The van der Waals surface area contributed by atoms with Crippen LogP contribution in [0.3, 0.4) is 0 Å². The van der Waals surface area contributed by atoms with Crippen LogP contribution in [0.2, 0.25) is 0 Å². The second kappa shape index (κ2) is 18.8. The van der Waals surface area contributed by atoms with E-state index in [1.807, 2.05) is 32.2 Å². The van der Waals surface area contributed by atoms with Crippen LogP contribution in [0, 0.1) is 11.3 Å². The highest BCUT2D eigenvalue weighted by Gasteiger charge is 2.64. The second-order valence-corrected chi connectivity index (χ2v) is 20.7. The smallest absolute Gasteiger partial charge is 0.324 e. The van der Waals surface area contributed by atoms with Gasteiger partial charge in [0, 0.05) is 92.8 Å². The Hall–Kier alpha value is -5.65. The molecule has 16 nitrogen and oxygen atoms in total. The van der Waals surface area contributed by atoms with Gasteiger partial charge in [-0.15, -0.1) is 11.3 Å². The fourth-order valence-corrected chi connectivity index (χ4v) is 11.1. The van der Waals surface area contributed by atoms with E-state index >= 15 is 4.79 Å². The first-order valence-electron chi connectivity index (χ1n) is 23.5. The summed E-state index contributed by atoms with van der Waals surface area (Å²) in [4.78, 5) is 86.5. The Labute approximate surface area is 397 Å². The summed E-state index contributed by atoms with van der Waals surface area (Å²) in [5.41, 5.74) is 8.07. The molecule has 0 unspecified atom stereocenters. The van der Waals surface area contributed by atoms with E-state index in [1.165, 1.54) is 32.2 Å². The molecule has 4 aliphatic heterocycles. The summed E-state index contributed by atoms with van der Waals surface area (Å²) >= 11 is 1.44. The van der Waals surface area contributed by atoms with E-state index in [0.717, 1.165) is 51.1 Å². The number of hydrazine groups is 1. The van der Waals surface area contributed by atoms with Gasteiger partial charge in [-0.3, -0.25) is 29.2 Å². The van der Waals surface area contributed by atoms with E-state index in [-0.39, 0.29) is 61.4 Å². The van der Waals surface area contributed by atoms with Crippen molar-refractivity contribution in [3.05, 3.63) is 70.8 Å². The zero-order valence-corrected chi connectivity index (χ0v) is 41.2. The standard InChI is InChI=1S/C50H65N9O7S/c1-11-41(60)54(8)26-33-19-22-57(33)48(64)55(9)43(30(3)4)45(61)58-28-50(58)25-40-52-38(27-67-40)32-17-18-39-35(23-32)36(44(56(39)12-2)34-15-13-20-51-42(34)31(5)65-10)24-49(6,7)29-66-46(62)37-16-14-21-59(53-37)47(50)63/h11,13,15,17-18,20,23,27,30-31,33,37,43,53H,1,12,14,16,19,21-22,24-26,28-29H2,2-10H3/t31-,33-,37-,43-,50+,58?/m0/s1. The minimum Gasteiger partial charge on any atom is -0.464 e. The largest absolute Gasteiger partial charge is 0.464 e. The number of esters is 1. The zero-order chi connectivity index (χ0) is 48.1. The van der Waals surface area contributed by atoms with Crippen molar-refractivity contribution in [3.8, 4) is 22.5 Å². The number of carbonyl (C=O) groups excluding carboxylic acids is 5. The molecule has 5 amide bonds. The lowest BCUT2D eigenvalue weighted by Crippen LogP contribution is -2.62. The number of fused-ring (bicyclic) bond motifs is 6. The second-order valence-electron chi connectivity index (χ2n) is 19.7. The van der Waals surface area contributed by atoms with E-state index in [9.17, 15) is 19.2 Å². The number of urea groups is 1. The molecule has 7 heterocycles. The lowest BCUT2D eigenvalue weighted by Gasteiger charge is -2.45. The molecule has 17 heteroatoms.